The Morgan fingerprint density at radius 1 is 1.06 bits per heavy atom. The van der Waals surface area contributed by atoms with E-state index in [0.717, 1.165) is 12.1 Å². The Morgan fingerprint density at radius 2 is 1.77 bits per heavy atom. The summed E-state index contributed by atoms with van der Waals surface area (Å²) < 4.78 is 29.4. The number of amides is 1. The van der Waals surface area contributed by atoms with Crippen LogP contribution in [0, 0.1) is 11.3 Å². The van der Waals surface area contributed by atoms with Crippen molar-refractivity contribution in [3.8, 4) is 0 Å². The molecule has 3 heterocycles. The van der Waals surface area contributed by atoms with E-state index in [9.17, 15) is 18.0 Å². The number of anilines is 1. The average molecular weight is 444 g/mol. The summed E-state index contributed by atoms with van der Waals surface area (Å²) in [5, 5.41) is 0. The van der Waals surface area contributed by atoms with Crippen LogP contribution in [0.2, 0.25) is 0 Å². The van der Waals surface area contributed by atoms with E-state index < -0.39 is 10.0 Å². The van der Waals surface area contributed by atoms with Crippen LogP contribution in [0.4, 0.5) is 5.69 Å². The molecule has 0 spiro atoms. The van der Waals surface area contributed by atoms with E-state index in [1.807, 2.05) is 11.0 Å². The Balaban J connectivity index is 1.58. The number of carbonyl (C=O) groups is 1. The maximum atomic E-state index is 13.1. The number of nitrogens with one attached hydrogen (secondary N) is 1. The molecule has 31 heavy (non-hydrogen) atoms. The highest BCUT2D eigenvalue weighted by molar-refractivity contribution is 7.92. The molecule has 4 rings (SSSR count). The highest BCUT2D eigenvalue weighted by atomic mass is 32.2. The average Bonchev–Trinajstić information content (AvgIpc) is 2.69. The van der Waals surface area contributed by atoms with E-state index in [2.05, 4.69) is 25.5 Å². The second-order valence-electron chi connectivity index (χ2n) is 9.84. The van der Waals surface area contributed by atoms with Crippen molar-refractivity contribution in [2.75, 3.05) is 17.8 Å². The van der Waals surface area contributed by atoms with Gasteiger partial charge < -0.3 is 9.47 Å². The Morgan fingerprint density at radius 3 is 2.45 bits per heavy atom. The summed E-state index contributed by atoms with van der Waals surface area (Å²) in [5.74, 6) is 0.433. The van der Waals surface area contributed by atoms with Gasteiger partial charge in [0.1, 0.15) is 5.69 Å². The van der Waals surface area contributed by atoms with Gasteiger partial charge >= 0.3 is 0 Å². The first-order valence-corrected chi connectivity index (χ1v) is 12.1. The molecule has 1 aromatic carbocycles. The number of hydrogen-bond donors (Lipinski definition) is 1. The van der Waals surface area contributed by atoms with Crippen molar-refractivity contribution in [1.82, 2.24) is 9.47 Å². The van der Waals surface area contributed by atoms with Crippen molar-refractivity contribution >= 4 is 21.6 Å². The second kappa shape index (κ2) is 7.82. The number of likely N-dealkylation sites (tertiary alicyclic amines) is 1. The Bertz CT molecular complexity index is 1150. The van der Waals surface area contributed by atoms with Gasteiger partial charge in [-0.2, -0.15) is 0 Å². The fraction of sp³-hybridized carbons (Fsp3) is 0.478. The zero-order valence-electron chi connectivity index (χ0n) is 18.2. The van der Waals surface area contributed by atoms with Gasteiger partial charge in [0.25, 0.3) is 15.6 Å². The van der Waals surface area contributed by atoms with Gasteiger partial charge in [0.05, 0.1) is 4.90 Å². The first-order valence-electron chi connectivity index (χ1n) is 10.6. The Hall–Kier alpha value is -2.61. The molecule has 2 aliphatic rings. The molecule has 1 amide bonds. The minimum atomic E-state index is -3.83. The molecule has 8 heteroatoms. The summed E-state index contributed by atoms with van der Waals surface area (Å²) in [4.78, 5) is 27.9. The van der Waals surface area contributed by atoms with Crippen LogP contribution in [-0.4, -0.2) is 36.9 Å². The quantitative estimate of drug-likeness (QED) is 0.787. The largest absolute Gasteiger partial charge is 0.342 e. The highest BCUT2D eigenvalue weighted by Crippen LogP contribution is 2.36. The van der Waals surface area contributed by atoms with E-state index >= 15 is 0 Å². The number of rotatable bonds is 4. The van der Waals surface area contributed by atoms with Crippen LogP contribution < -0.4 is 10.3 Å². The van der Waals surface area contributed by atoms with Crippen LogP contribution in [0.5, 0.6) is 0 Å². The normalized spacial score (nSPS) is 20.8. The maximum absolute atomic E-state index is 13.1. The lowest BCUT2D eigenvalue weighted by Gasteiger charge is -2.43. The smallest absolute Gasteiger partial charge is 0.275 e. The third-order valence-corrected chi connectivity index (χ3v) is 7.32. The summed E-state index contributed by atoms with van der Waals surface area (Å²) in [6.45, 7) is 7.90. The van der Waals surface area contributed by atoms with Crippen LogP contribution in [0.15, 0.2) is 52.2 Å². The summed E-state index contributed by atoms with van der Waals surface area (Å²) in [7, 11) is -3.83. The Kier molecular flexibility index (Phi) is 5.45. The predicted octanol–water partition coefficient (Wildman–Crippen LogP) is 3.03. The maximum Gasteiger partial charge on any atom is 0.275 e. The van der Waals surface area contributed by atoms with Crippen LogP contribution in [0.3, 0.4) is 0 Å². The molecule has 2 bridgehead atoms. The SMILES string of the molecule is CC(C)(C)CC(=O)N1C[C@H]2C[C@H](C1)c1ccc(NS(=O)(=O)c3ccccc3)c(=O)n1C2. The van der Waals surface area contributed by atoms with Crippen LogP contribution in [-0.2, 0) is 21.4 Å². The molecule has 1 fully saturated rings. The van der Waals surface area contributed by atoms with Gasteiger partial charge in [-0.1, -0.05) is 39.0 Å². The third kappa shape index (κ3) is 4.54. The summed E-state index contributed by atoms with van der Waals surface area (Å²) in [6, 6.07) is 11.4. The molecular weight excluding hydrogens is 414 g/mol. The number of hydrogen-bond acceptors (Lipinski definition) is 4. The number of piperidine rings is 1. The lowest BCUT2D eigenvalue weighted by Crippen LogP contribution is -2.49. The van der Waals surface area contributed by atoms with Gasteiger partial charge in [-0.05, 0) is 42.0 Å². The molecule has 0 unspecified atom stereocenters. The Labute approximate surface area is 183 Å². The van der Waals surface area contributed by atoms with Crippen LogP contribution in [0.25, 0.3) is 0 Å². The topological polar surface area (TPSA) is 88.5 Å². The second-order valence-corrected chi connectivity index (χ2v) is 11.5. The van der Waals surface area contributed by atoms with E-state index in [-0.39, 0.29) is 39.3 Å². The molecule has 0 radical (unpaired) electrons. The van der Waals surface area contributed by atoms with Crippen molar-refractivity contribution in [2.24, 2.45) is 11.3 Å². The van der Waals surface area contributed by atoms with Gasteiger partial charge in [0.2, 0.25) is 5.91 Å². The fourth-order valence-electron chi connectivity index (χ4n) is 4.60. The molecule has 2 atom stereocenters. The van der Waals surface area contributed by atoms with Gasteiger partial charge in [0, 0.05) is 37.7 Å². The third-order valence-electron chi connectivity index (χ3n) is 5.94. The highest BCUT2D eigenvalue weighted by Gasteiger charge is 2.37. The monoisotopic (exact) mass is 443 g/mol. The van der Waals surface area contributed by atoms with Crippen LogP contribution in [0.1, 0.15) is 45.2 Å². The standard InChI is InChI=1S/C23H29N3O4S/c1-23(2,3)12-21(27)25-13-16-11-17(15-25)20-10-9-19(22(28)26(20)14-16)24-31(29,30)18-7-5-4-6-8-18/h4-10,16-17,24H,11-15H2,1-3H3/t16-,17-/m1/s1. The minimum absolute atomic E-state index is 0.0493. The van der Waals surface area contributed by atoms with Gasteiger partial charge in [0.15, 0.2) is 0 Å². The number of aromatic nitrogens is 1. The minimum Gasteiger partial charge on any atom is -0.342 e. The summed E-state index contributed by atoms with van der Waals surface area (Å²) in [6.07, 6.45) is 1.44. The van der Waals surface area contributed by atoms with Crippen molar-refractivity contribution in [3.05, 3.63) is 58.5 Å². The molecule has 1 aromatic heterocycles. The molecule has 2 aromatic rings. The van der Waals surface area contributed by atoms with Crippen molar-refractivity contribution < 1.29 is 13.2 Å². The van der Waals surface area contributed by atoms with Crippen LogP contribution >= 0.6 is 0 Å². The van der Waals surface area contributed by atoms with Crippen molar-refractivity contribution in [1.29, 1.82) is 0 Å². The molecule has 1 saturated heterocycles. The fourth-order valence-corrected chi connectivity index (χ4v) is 5.67. The lowest BCUT2D eigenvalue weighted by molar-refractivity contribution is -0.135. The molecule has 0 aliphatic carbocycles. The van der Waals surface area contributed by atoms with E-state index in [4.69, 9.17) is 0 Å². The van der Waals surface area contributed by atoms with Gasteiger partial charge in [-0.3, -0.25) is 14.3 Å². The first kappa shape index (κ1) is 21.6. The van der Waals surface area contributed by atoms with Gasteiger partial charge in [-0.15, -0.1) is 0 Å². The molecule has 2 aliphatic heterocycles. The number of sulfonamides is 1. The lowest BCUT2D eigenvalue weighted by atomic mass is 9.82. The van der Waals surface area contributed by atoms with E-state index in [1.165, 1.54) is 12.1 Å². The van der Waals surface area contributed by atoms with E-state index in [0.29, 0.717) is 26.1 Å². The van der Waals surface area contributed by atoms with Gasteiger partial charge in [-0.25, -0.2) is 8.42 Å². The number of nitrogens with zero attached hydrogens (tertiary/aromatic N) is 2. The zero-order chi connectivity index (χ0) is 22.4. The predicted molar refractivity (Wildman–Crippen MR) is 119 cm³/mol. The zero-order valence-corrected chi connectivity index (χ0v) is 19.0. The number of pyridine rings is 1. The molecule has 0 saturated carbocycles. The number of benzene rings is 1. The molecule has 7 nitrogen and oxygen atoms in total. The summed E-state index contributed by atoms with van der Waals surface area (Å²) >= 11 is 0. The molecule has 1 N–H and O–H groups in total. The molecule has 166 valence electrons. The number of carbonyl (C=O) groups excluding carboxylic acids is 1. The van der Waals surface area contributed by atoms with Crippen molar-refractivity contribution in [3.63, 3.8) is 0 Å². The number of fused-ring (bicyclic) bond motifs is 4. The molecular formula is C23H29N3O4S. The first-order chi connectivity index (χ1) is 14.5. The van der Waals surface area contributed by atoms with E-state index in [1.54, 1.807) is 28.8 Å². The van der Waals surface area contributed by atoms with Crippen molar-refractivity contribution in [2.45, 2.75) is 51.0 Å². The summed E-state index contributed by atoms with van der Waals surface area (Å²) in [5.41, 5.74) is 0.523.